The van der Waals surface area contributed by atoms with Gasteiger partial charge in [0.1, 0.15) is 0 Å². The van der Waals surface area contributed by atoms with Crippen LogP contribution in [0, 0.1) is 23.7 Å². The average Bonchev–Trinajstić information content (AvgIpc) is 2.78. The van der Waals surface area contributed by atoms with Gasteiger partial charge in [-0.25, -0.2) is 0 Å². The molecular formula is C30H54O5. The number of aliphatic hydroxyl groups is 2. The monoisotopic (exact) mass is 494 g/mol. The molecule has 0 bridgehead atoms. The Morgan fingerprint density at radius 1 is 1.14 bits per heavy atom. The Kier molecular flexibility index (Phi) is 14.4. The molecule has 7 atom stereocenters. The lowest BCUT2D eigenvalue weighted by atomic mass is 9.76. The van der Waals surface area contributed by atoms with Gasteiger partial charge in [0.2, 0.25) is 0 Å². The van der Waals surface area contributed by atoms with E-state index in [0.717, 1.165) is 51.4 Å². The third kappa shape index (κ3) is 12.1. The van der Waals surface area contributed by atoms with Crippen LogP contribution in [0.4, 0.5) is 0 Å². The summed E-state index contributed by atoms with van der Waals surface area (Å²) in [5, 5.41) is 30.0. The Balaban J connectivity index is 2.34. The first-order chi connectivity index (χ1) is 16.4. The fourth-order valence-electron chi connectivity index (χ4n) is 5.11. The Morgan fingerprint density at radius 3 is 2.43 bits per heavy atom. The van der Waals surface area contributed by atoms with Gasteiger partial charge in [-0.1, -0.05) is 45.4 Å². The largest absolute Gasteiger partial charge is 0.481 e. The summed E-state index contributed by atoms with van der Waals surface area (Å²) < 4.78 is 6.04. The van der Waals surface area contributed by atoms with Crippen LogP contribution in [-0.4, -0.2) is 45.7 Å². The van der Waals surface area contributed by atoms with E-state index in [-0.39, 0.29) is 24.0 Å². The first kappa shape index (κ1) is 31.9. The first-order valence-electron chi connectivity index (χ1n) is 14.0. The van der Waals surface area contributed by atoms with Crippen molar-refractivity contribution in [3.63, 3.8) is 0 Å². The van der Waals surface area contributed by atoms with E-state index in [0.29, 0.717) is 31.3 Å². The lowest BCUT2D eigenvalue weighted by molar-refractivity contribution is -0.141. The van der Waals surface area contributed by atoms with E-state index >= 15 is 0 Å². The van der Waals surface area contributed by atoms with Crippen LogP contribution in [0.5, 0.6) is 0 Å². The first-order valence-corrected chi connectivity index (χ1v) is 14.0. The summed E-state index contributed by atoms with van der Waals surface area (Å²) >= 11 is 0. The highest BCUT2D eigenvalue weighted by Crippen LogP contribution is 2.35. The normalized spacial score (nSPS) is 26.7. The number of carboxylic acids is 1. The molecule has 7 unspecified atom stereocenters. The third-order valence-electron chi connectivity index (χ3n) is 8.08. The molecule has 0 spiro atoms. The van der Waals surface area contributed by atoms with Crippen molar-refractivity contribution in [2.24, 2.45) is 23.7 Å². The van der Waals surface area contributed by atoms with Crippen LogP contribution in [0.25, 0.3) is 0 Å². The van der Waals surface area contributed by atoms with E-state index in [1.165, 1.54) is 11.1 Å². The molecular weight excluding hydrogens is 440 g/mol. The lowest BCUT2D eigenvalue weighted by Crippen LogP contribution is -2.39. The van der Waals surface area contributed by atoms with Crippen LogP contribution >= 0.6 is 0 Å². The van der Waals surface area contributed by atoms with Crippen LogP contribution in [0.15, 0.2) is 23.3 Å². The number of carbonyl (C=O) groups is 1. The van der Waals surface area contributed by atoms with Gasteiger partial charge < -0.3 is 20.1 Å². The second-order valence-electron chi connectivity index (χ2n) is 11.6. The van der Waals surface area contributed by atoms with Gasteiger partial charge in [-0.3, -0.25) is 4.79 Å². The Bertz CT molecular complexity index is 680. The summed E-state index contributed by atoms with van der Waals surface area (Å²) in [5.41, 5.74) is 1.93. The SMILES string of the molecule is CCOC1C(CCC(C)CCC=C(C)CCCC(C)(O)CCCC(C)C(=O)O)=CC(O)C(C)C1C. The Hall–Kier alpha value is -1.17. The van der Waals surface area contributed by atoms with Crippen molar-refractivity contribution < 1.29 is 24.9 Å². The quantitative estimate of drug-likeness (QED) is 0.191. The number of rotatable bonds is 17. The summed E-state index contributed by atoms with van der Waals surface area (Å²) in [6.07, 6.45) is 13.2. The zero-order chi connectivity index (χ0) is 26.6. The number of aliphatic carboxylic acids is 1. The van der Waals surface area contributed by atoms with Crippen LogP contribution < -0.4 is 0 Å². The molecule has 204 valence electrons. The molecule has 0 aliphatic heterocycles. The van der Waals surface area contributed by atoms with Crippen molar-refractivity contribution >= 4 is 5.97 Å². The van der Waals surface area contributed by atoms with Crippen molar-refractivity contribution in [1.82, 2.24) is 0 Å². The molecule has 1 rings (SSSR count). The van der Waals surface area contributed by atoms with E-state index < -0.39 is 11.6 Å². The molecule has 0 amide bonds. The van der Waals surface area contributed by atoms with Crippen molar-refractivity contribution in [2.75, 3.05) is 6.61 Å². The number of aliphatic hydroxyl groups excluding tert-OH is 1. The molecule has 0 aromatic carbocycles. The van der Waals surface area contributed by atoms with Crippen LogP contribution in [0.3, 0.4) is 0 Å². The van der Waals surface area contributed by atoms with Gasteiger partial charge in [0.05, 0.1) is 23.7 Å². The highest BCUT2D eigenvalue weighted by molar-refractivity contribution is 5.69. The molecule has 0 heterocycles. The van der Waals surface area contributed by atoms with E-state index in [9.17, 15) is 15.0 Å². The second kappa shape index (κ2) is 15.8. The summed E-state index contributed by atoms with van der Waals surface area (Å²) in [4.78, 5) is 10.9. The van der Waals surface area contributed by atoms with E-state index in [2.05, 4.69) is 33.8 Å². The number of ether oxygens (including phenoxy) is 1. The van der Waals surface area contributed by atoms with Gasteiger partial charge in [0, 0.05) is 6.61 Å². The number of hydrogen-bond acceptors (Lipinski definition) is 4. The van der Waals surface area contributed by atoms with Crippen molar-refractivity contribution in [3.05, 3.63) is 23.3 Å². The molecule has 3 N–H and O–H groups in total. The fourth-order valence-corrected chi connectivity index (χ4v) is 5.11. The predicted molar refractivity (Wildman–Crippen MR) is 144 cm³/mol. The van der Waals surface area contributed by atoms with Crippen molar-refractivity contribution in [1.29, 1.82) is 0 Å². The summed E-state index contributed by atoms with van der Waals surface area (Å²) in [7, 11) is 0. The van der Waals surface area contributed by atoms with Gasteiger partial charge in [0.15, 0.2) is 0 Å². The summed E-state index contributed by atoms with van der Waals surface area (Å²) in [6, 6.07) is 0. The highest BCUT2D eigenvalue weighted by Gasteiger charge is 2.34. The average molecular weight is 495 g/mol. The molecule has 0 aromatic heterocycles. The number of carboxylic acid groups (broad SMARTS) is 1. The van der Waals surface area contributed by atoms with Crippen LogP contribution in [0.1, 0.15) is 113 Å². The second-order valence-corrected chi connectivity index (χ2v) is 11.6. The highest BCUT2D eigenvalue weighted by atomic mass is 16.5. The van der Waals surface area contributed by atoms with E-state index in [1.807, 2.05) is 19.9 Å². The topological polar surface area (TPSA) is 87.0 Å². The molecule has 35 heavy (non-hydrogen) atoms. The van der Waals surface area contributed by atoms with Gasteiger partial charge >= 0.3 is 5.97 Å². The number of hydrogen-bond donors (Lipinski definition) is 3. The maximum Gasteiger partial charge on any atom is 0.306 e. The minimum Gasteiger partial charge on any atom is -0.481 e. The van der Waals surface area contributed by atoms with Crippen LogP contribution in [-0.2, 0) is 9.53 Å². The zero-order valence-electron chi connectivity index (χ0n) is 23.6. The van der Waals surface area contributed by atoms with Gasteiger partial charge in [-0.2, -0.15) is 0 Å². The molecule has 5 nitrogen and oxygen atoms in total. The van der Waals surface area contributed by atoms with E-state index in [1.54, 1.807) is 6.92 Å². The Morgan fingerprint density at radius 2 is 1.80 bits per heavy atom. The minimum absolute atomic E-state index is 0.130. The smallest absolute Gasteiger partial charge is 0.306 e. The molecule has 0 saturated carbocycles. The zero-order valence-corrected chi connectivity index (χ0v) is 23.6. The maximum atomic E-state index is 10.9. The lowest BCUT2D eigenvalue weighted by Gasteiger charge is -2.37. The number of allylic oxidation sites excluding steroid dienone is 2. The standard InChI is InChI=1S/C30H54O5/c1-8-35-28-25(6)24(5)27(31)20-26(28)17-16-22(3)13-9-12-21(2)14-10-18-30(7,34)19-11-15-23(4)29(32)33/h12,20,22-25,27-28,31,34H,8-11,13-19H2,1-7H3,(H,32,33). The van der Waals surface area contributed by atoms with Gasteiger partial charge in [0.25, 0.3) is 0 Å². The molecule has 5 heteroatoms. The van der Waals surface area contributed by atoms with Gasteiger partial charge in [-0.05, 0) is 108 Å². The summed E-state index contributed by atoms with van der Waals surface area (Å²) in [6.45, 7) is 15.1. The minimum atomic E-state index is -0.761. The maximum absolute atomic E-state index is 10.9. The predicted octanol–water partition coefficient (Wildman–Crippen LogP) is 6.92. The molecule has 0 saturated heterocycles. The van der Waals surface area contributed by atoms with Crippen LogP contribution in [0.2, 0.25) is 0 Å². The van der Waals surface area contributed by atoms with Gasteiger partial charge in [-0.15, -0.1) is 0 Å². The Labute approximate surface area is 215 Å². The molecule has 0 radical (unpaired) electrons. The summed E-state index contributed by atoms with van der Waals surface area (Å²) in [5.74, 6) is 0.0688. The molecule has 1 aliphatic carbocycles. The molecule has 0 aromatic rings. The molecule has 1 aliphatic rings. The fraction of sp³-hybridized carbons (Fsp3) is 0.833. The third-order valence-corrected chi connectivity index (χ3v) is 8.08. The van der Waals surface area contributed by atoms with E-state index in [4.69, 9.17) is 9.84 Å². The molecule has 0 fully saturated rings. The van der Waals surface area contributed by atoms with Crippen molar-refractivity contribution in [2.45, 2.75) is 130 Å². The van der Waals surface area contributed by atoms with Crippen molar-refractivity contribution in [3.8, 4) is 0 Å².